The lowest BCUT2D eigenvalue weighted by atomic mass is 9.97. The minimum absolute atomic E-state index is 0.0680. The van der Waals surface area contributed by atoms with Gasteiger partial charge in [0.15, 0.2) is 0 Å². The number of nitrogens with two attached hydrogens (primary N) is 1. The van der Waals surface area contributed by atoms with Crippen LogP contribution in [0.2, 0.25) is 0 Å². The van der Waals surface area contributed by atoms with Gasteiger partial charge in [-0.1, -0.05) is 12.2 Å². The van der Waals surface area contributed by atoms with Crippen LogP contribution in [-0.4, -0.2) is 17.8 Å². The molecular weight excluding hydrogens is 162 g/mol. The van der Waals surface area contributed by atoms with Crippen molar-refractivity contribution in [3.05, 3.63) is 12.2 Å². The molecule has 74 valence electrons. The maximum atomic E-state index is 8.78. The fourth-order valence-corrected chi connectivity index (χ4v) is 1.99. The van der Waals surface area contributed by atoms with Crippen LogP contribution < -0.4 is 5.73 Å². The van der Waals surface area contributed by atoms with Crippen LogP contribution in [0.3, 0.4) is 0 Å². The van der Waals surface area contributed by atoms with Gasteiger partial charge in [-0.2, -0.15) is 0 Å². The summed E-state index contributed by atoms with van der Waals surface area (Å²) < 4.78 is 0. The number of hydrogen-bond donors (Lipinski definition) is 2. The molecule has 2 aliphatic carbocycles. The van der Waals surface area contributed by atoms with Crippen LogP contribution in [0.15, 0.2) is 12.2 Å². The molecule has 0 amide bonds. The average Bonchev–Trinajstić information content (AvgIpc) is 2.98. The van der Waals surface area contributed by atoms with Crippen molar-refractivity contribution in [2.24, 2.45) is 23.5 Å². The molecule has 0 aliphatic heterocycles. The van der Waals surface area contributed by atoms with E-state index in [1.54, 1.807) is 0 Å². The monoisotopic (exact) mass is 181 g/mol. The van der Waals surface area contributed by atoms with Crippen molar-refractivity contribution in [2.45, 2.75) is 31.7 Å². The number of hydrogen-bond acceptors (Lipinski definition) is 2. The SMILES string of the molecule is NC(/C=C/C(C1CC1)C1CC1)CO. The Morgan fingerprint density at radius 3 is 2.08 bits per heavy atom. The Labute approximate surface area is 79.8 Å². The van der Waals surface area contributed by atoms with Gasteiger partial charge in [0.2, 0.25) is 0 Å². The molecule has 1 atom stereocenters. The third kappa shape index (κ3) is 2.55. The van der Waals surface area contributed by atoms with Crippen LogP contribution in [-0.2, 0) is 0 Å². The molecule has 0 bridgehead atoms. The van der Waals surface area contributed by atoms with Crippen LogP contribution in [0.4, 0.5) is 0 Å². The highest BCUT2D eigenvalue weighted by molar-refractivity contribution is 5.05. The predicted molar refractivity (Wildman–Crippen MR) is 53.1 cm³/mol. The minimum atomic E-state index is -0.153. The molecule has 0 radical (unpaired) electrons. The normalized spacial score (nSPS) is 25.8. The third-order valence-corrected chi connectivity index (χ3v) is 3.12. The average molecular weight is 181 g/mol. The Morgan fingerprint density at radius 1 is 1.15 bits per heavy atom. The quantitative estimate of drug-likeness (QED) is 0.628. The summed E-state index contributed by atoms with van der Waals surface area (Å²) in [7, 11) is 0. The van der Waals surface area contributed by atoms with Crippen molar-refractivity contribution < 1.29 is 5.11 Å². The molecule has 13 heavy (non-hydrogen) atoms. The molecule has 0 saturated heterocycles. The molecule has 2 heteroatoms. The summed E-state index contributed by atoms with van der Waals surface area (Å²) in [6, 6.07) is -0.153. The molecule has 2 nitrogen and oxygen atoms in total. The fourth-order valence-electron chi connectivity index (χ4n) is 1.99. The van der Waals surface area contributed by atoms with Crippen molar-refractivity contribution >= 4 is 0 Å². The Kier molecular flexibility index (Phi) is 2.70. The molecule has 1 unspecified atom stereocenters. The van der Waals surface area contributed by atoms with Crippen LogP contribution in [0.25, 0.3) is 0 Å². The summed E-state index contributed by atoms with van der Waals surface area (Å²) in [6.45, 7) is 0.0680. The first-order chi connectivity index (χ1) is 6.31. The molecule has 2 fully saturated rings. The van der Waals surface area contributed by atoms with Gasteiger partial charge in [0, 0.05) is 6.04 Å². The van der Waals surface area contributed by atoms with E-state index in [9.17, 15) is 0 Å². The second-order valence-corrected chi connectivity index (χ2v) is 4.48. The molecule has 2 saturated carbocycles. The first kappa shape index (κ1) is 9.22. The molecule has 0 aromatic heterocycles. The lowest BCUT2D eigenvalue weighted by molar-refractivity contribution is 0.283. The van der Waals surface area contributed by atoms with Crippen molar-refractivity contribution in [1.82, 2.24) is 0 Å². The van der Waals surface area contributed by atoms with Gasteiger partial charge in [0.1, 0.15) is 0 Å². The second kappa shape index (κ2) is 3.81. The largest absolute Gasteiger partial charge is 0.394 e. The maximum Gasteiger partial charge on any atom is 0.0618 e. The van der Waals surface area contributed by atoms with E-state index in [0.29, 0.717) is 0 Å². The molecule has 0 heterocycles. The van der Waals surface area contributed by atoms with E-state index in [-0.39, 0.29) is 12.6 Å². The van der Waals surface area contributed by atoms with Gasteiger partial charge < -0.3 is 10.8 Å². The van der Waals surface area contributed by atoms with E-state index >= 15 is 0 Å². The van der Waals surface area contributed by atoms with Gasteiger partial charge >= 0.3 is 0 Å². The maximum absolute atomic E-state index is 8.78. The molecule has 3 N–H and O–H groups in total. The summed E-state index contributed by atoms with van der Waals surface area (Å²) in [5, 5.41) is 8.78. The zero-order valence-electron chi connectivity index (χ0n) is 8.02. The smallest absolute Gasteiger partial charge is 0.0618 e. The Hall–Kier alpha value is -0.340. The highest BCUT2D eigenvalue weighted by atomic mass is 16.3. The van der Waals surface area contributed by atoms with Gasteiger partial charge in [-0.25, -0.2) is 0 Å². The number of aliphatic hydroxyl groups is 1. The van der Waals surface area contributed by atoms with E-state index < -0.39 is 0 Å². The first-order valence-electron chi connectivity index (χ1n) is 5.36. The topological polar surface area (TPSA) is 46.2 Å². The van der Waals surface area contributed by atoms with E-state index in [1.807, 2.05) is 6.08 Å². The van der Waals surface area contributed by atoms with Gasteiger partial charge in [0.25, 0.3) is 0 Å². The standard InChI is InChI=1S/C11H19NO/c12-10(7-13)5-6-11(8-1-2-8)9-3-4-9/h5-6,8-11,13H,1-4,7,12H2/b6-5+. The molecule has 2 aliphatic rings. The highest BCUT2D eigenvalue weighted by Crippen LogP contribution is 2.49. The molecular formula is C11H19NO. The Balaban J connectivity index is 1.84. The van der Waals surface area contributed by atoms with Crippen LogP contribution in [0.1, 0.15) is 25.7 Å². The van der Waals surface area contributed by atoms with E-state index in [2.05, 4.69) is 6.08 Å². The second-order valence-electron chi connectivity index (χ2n) is 4.48. The zero-order chi connectivity index (χ0) is 9.26. The van der Waals surface area contributed by atoms with Crippen molar-refractivity contribution in [1.29, 1.82) is 0 Å². The summed E-state index contributed by atoms with van der Waals surface area (Å²) in [5.41, 5.74) is 5.63. The van der Waals surface area contributed by atoms with Crippen molar-refractivity contribution in [3.63, 3.8) is 0 Å². The Morgan fingerprint density at radius 2 is 1.69 bits per heavy atom. The summed E-state index contributed by atoms with van der Waals surface area (Å²) in [4.78, 5) is 0. The van der Waals surface area contributed by atoms with Gasteiger partial charge in [-0.05, 0) is 43.4 Å². The van der Waals surface area contributed by atoms with Gasteiger partial charge in [-0.3, -0.25) is 0 Å². The summed E-state index contributed by atoms with van der Waals surface area (Å²) >= 11 is 0. The van der Waals surface area contributed by atoms with E-state index in [1.165, 1.54) is 25.7 Å². The van der Waals surface area contributed by atoms with E-state index in [0.717, 1.165) is 17.8 Å². The highest BCUT2D eigenvalue weighted by Gasteiger charge is 2.39. The van der Waals surface area contributed by atoms with Crippen LogP contribution in [0.5, 0.6) is 0 Å². The molecule has 2 rings (SSSR count). The van der Waals surface area contributed by atoms with Crippen LogP contribution >= 0.6 is 0 Å². The summed E-state index contributed by atoms with van der Waals surface area (Å²) in [6.07, 6.45) is 9.86. The van der Waals surface area contributed by atoms with Crippen molar-refractivity contribution in [2.75, 3.05) is 6.61 Å². The Bertz CT molecular complexity index is 182. The van der Waals surface area contributed by atoms with E-state index in [4.69, 9.17) is 10.8 Å². The lowest BCUT2D eigenvalue weighted by Crippen LogP contribution is -2.21. The predicted octanol–water partition coefficient (Wildman–Crippen LogP) is 1.30. The lowest BCUT2D eigenvalue weighted by Gasteiger charge is -2.10. The molecule has 0 aromatic carbocycles. The minimum Gasteiger partial charge on any atom is -0.394 e. The number of allylic oxidation sites excluding steroid dienone is 1. The van der Waals surface area contributed by atoms with Gasteiger partial charge in [0.05, 0.1) is 6.61 Å². The number of rotatable bonds is 5. The summed E-state index contributed by atoms with van der Waals surface area (Å²) in [5.74, 6) is 2.65. The molecule has 0 aromatic rings. The molecule has 0 spiro atoms. The van der Waals surface area contributed by atoms with Gasteiger partial charge in [-0.15, -0.1) is 0 Å². The van der Waals surface area contributed by atoms with Crippen molar-refractivity contribution in [3.8, 4) is 0 Å². The first-order valence-corrected chi connectivity index (χ1v) is 5.36. The number of aliphatic hydroxyl groups excluding tert-OH is 1. The third-order valence-electron chi connectivity index (χ3n) is 3.12. The van der Waals surface area contributed by atoms with Crippen LogP contribution in [0, 0.1) is 17.8 Å². The zero-order valence-corrected chi connectivity index (χ0v) is 8.02. The fraction of sp³-hybridized carbons (Fsp3) is 0.818.